The first-order valence-corrected chi connectivity index (χ1v) is 3.18. The second-order valence-corrected chi connectivity index (χ2v) is 2.36. The molecule has 0 fully saturated rings. The summed E-state index contributed by atoms with van der Waals surface area (Å²) in [5, 5.41) is 2.34. The van der Waals surface area contributed by atoms with Gasteiger partial charge < -0.3 is 5.32 Å². The van der Waals surface area contributed by atoms with Gasteiger partial charge in [0.1, 0.15) is 4.49 Å². The molecule has 0 aliphatic heterocycles. The first-order valence-electron chi connectivity index (χ1n) is 2.42. The van der Waals surface area contributed by atoms with Crippen LogP contribution in [0.25, 0.3) is 0 Å². The molecule has 0 atom stereocenters. The summed E-state index contributed by atoms with van der Waals surface area (Å²) >= 11 is 10.5. The molecule has 4 nitrogen and oxygen atoms in total. The maximum absolute atomic E-state index is 10.3. The summed E-state index contributed by atoms with van der Waals surface area (Å²) in [7, 11) is 0. The standard InChI is InChI=1S/C4H7Cl2N3O/c5-3(6)1-2-8-4(10)9-7/h1H,2,7H2,(H2,8,9,10). The molecule has 0 spiro atoms. The first kappa shape index (κ1) is 9.55. The number of hydrogen-bond acceptors (Lipinski definition) is 2. The highest BCUT2D eigenvalue weighted by Gasteiger charge is 1.91. The molecular weight excluding hydrogens is 177 g/mol. The highest BCUT2D eigenvalue weighted by molar-refractivity contribution is 6.55. The van der Waals surface area contributed by atoms with E-state index in [0.717, 1.165) is 0 Å². The van der Waals surface area contributed by atoms with Crippen molar-refractivity contribution in [3.05, 3.63) is 10.6 Å². The van der Waals surface area contributed by atoms with Crippen LogP contribution in [0.3, 0.4) is 0 Å². The SMILES string of the molecule is NNC(=O)NCC=C(Cl)Cl. The third kappa shape index (κ3) is 5.68. The van der Waals surface area contributed by atoms with Gasteiger partial charge in [-0.25, -0.2) is 10.6 Å². The zero-order chi connectivity index (χ0) is 7.98. The van der Waals surface area contributed by atoms with E-state index < -0.39 is 6.03 Å². The Hall–Kier alpha value is -0.450. The first-order chi connectivity index (χ1) is 4.66. The number of carbonyl (C=O) groups is 1. The van der Waals surface area contributed by atoms with Crippen LogP contribution in [0.5, 0.6) is 0 Å². The summed E-state index contributed by atoms with van der Waals surface area (Å²) in [4.78, 5) is 10.3. The maximum atomic E-state index is 10.3. The lowest BCUT2D eigenvalue weighted by Crippen LogP contribution is -2.39. The Balaban J connectivity index is 3.37. The van der Waals surface area contributed by atoms with Gasteiger partial charge in [0.2, 0.25) is 0 Å². The van der Waals surface area contributed by atoms with E-state index in [1.807, 2.05) is 5.43 Å². The highest BCUT2D eigenvalue weighted by atomic mass is 35.5. The fourth-order valence-corrected chi connectivity index (χ4v) is 0.426. The molecule has 0 aromatic rings. The number of nitrogens with two attached hydrogens (primary N) is 1. The second kappa shape index (κ2) is 5.34. The molecule has 0 aliphatic rings. The topological polar surface area (TPSA) is 67.1 Å². The Morgan fingerprint density at radius 3 is 2.60 bits per heavy atom. The molecule has 0 aromatic heterocycles. The average Bonchev–Trinajstić information content (AvgIpc) is 1.87. The smallest absolute Gasteiger partial charge is 0.329 e. The van der Waals surface area contributed by atoms with Gasteiger partial charge in [-0.3, -0.25) is 5.43 Å². The fraction of sp³-hybridized carbons (Fsp3) is 0.250. The van der Waals surface area contributed by atoms with Gasteiger partial charge in [0, 0.05) is 6.54 Å². The second-order valence-electron chi connectivity index (χ2n) is 1.35. The van der Waals surface area contributed by atoms with E-state index in [1.165, 1.54) is 6.08 Å². The van der Waals surface area contributed by atoms with E-state index in [9.17, 15) is 4.79 Å². The molecule has 0 aliphatic carbocycles. The van der Waals surface area contributed by atoms with Crippen LogP contribution in [0.1, 0.15) is 0 Å². The molecule has 0 saturated carbocycles. The summed E-state index contributed by atoms with van der Waals surface area (Å²) in [5.74, 6) is 4.74. The van der Waals surface area contributed by atoms with Crippen LogP contribution >= 0.6 is 23.2 Å². The lowest BCUT2D eigenvalue weighted by molar-refractivity contribution is 0.242. The van der Waals surface area contributed by atoms with Crippen LogP contribution in [-0.4, -0.2) is 12.6 Å². The van der Waals surface area contributed by atoms with Crippen LogP contribution < -0.4 is 16.6 Å². The monoisotopic (exact) mass is 183 g/mol. The minimum atomic E-state index is -0.481. The number of nitrogens with one attached hydrogen (secondary N) is 2. The van der Waals surface area contributed by atoms with Crippen molar-refractivity contribution in [3.8, 4) is 0 Å². The Bertz CT molecular complexity index is 143. The molecule has 2 amide bonds. The van der Waals surface area contributed by atoms with Crippen LogP contribution in [0.15, 0.2) is 10.6 Å². The predicted molar refractivity (Wildman–Crippen MR) is 40.5 cm³/mol. The number of hydrogen-bond donors (Lipinski definition) is 3. The predicted octanol–water partition coefficient (Wildman–Crippen LogP) is 0.478. The minimum Gasteiger partial charge on any atom is -0.333 e. The van der Waals surface area contributed by atoms with Crippen molar-refractivity contribution >= 4 is 29.2 Å². The van der Waals surface area contributed by atoms with Gasteiger partial charge in [0.05, 0.1) is 0 Å². The van der Waals surface area contributed by atoms with Gasteiger partial charge in [0.15, 0.2) is 0 Å². The third-order valence-corrected chi connectivity index (χ3v) is 0.959. The van der Waals surface area contributed by atoms with Gasteiger partial charge in [0.25, 0.3) is 0 Å². The number of carbonyl (C=O) groups excluding carboxylic acids is 1. The lowest BCUT2D eigenvalue weighted by Gasteiger charge is -1.97. The fourth-order valence-electron chi connectivity index (χ4n) is 0.272. The van der Waals surface area contributed by atoms with Gasteiger partial charge in [-0.05, 0) is 6.08 Å². The summed E-state index contributed by atoms with van der Waals surface area (Å²) in [5.41, 5.74) is 1.87. The molecule has 0 rings (SSSR count). The normalized spacial score (nSPS) is 8.30. The van der Waals surface area contributed by atoms with E-state index in [1.54, 1.807) is 0 Å². The number of halogens is 2. The molecule has 6 heteroatoms. The summed E-state index contributed by atoms with van der Waals surface area (Å²) in [6.07, 6.45) is 1.43. The summed E-state index contributed by atoms with van der Waals surface area (Å²) < 4.78 is 0.109. The van der Waals surface area contributed by atoms with Gasteiger partial charge >= 0.3 is 6.03 Å². The molecule has 0 aromatic carbocycles. The van der Waals surface area contributed by atoms with E-state index >= 15 is 0 Å². The van der Waals surface area contributed by atoms with E-state index in [0.29, 0.717) is 0 Å². The number of amides is 2. The quantitative estimate of drug-likeness (QED) is 0.332. The molecule has 10 heavy (non-hydrogen) atoms. The van der Waals surface area contributed by atoms with Crippen molar-refractivity contribution < 1.29 is 4.79 Å². The molecule has 0 unspecified atom stereocenters. The molecular formula is C4H7Cl2N3O. The highest BCUT2D eigenvalue weighted by Crippen LogP contribution is 2.03. The Morgan fingerprint density at radius 2 is 2.20 bits per heavy atom. The van der Waals surface area contributed by atoms with Gasteiger partial charge in [-0.15, -0.1) is 0 Å². The van der Waals surface area contributed by atoms with E-state index in [2.05, 4.69) is 5.32 Å². The Labute approximate surface area is 68.3 Å². The number of rotatable bonds is 2. The minimum absolute atomic E-state index is 0.109. The third-order valence-electron chi connectivity index (χ3n) is 0.650. The van der Waals surface area contributed by atoms with Crippen LogP contribution in [-0.2, 0) is 0 Å². The van der Waals surface area contributed by atoms with Crippen molar-refractivity contribution in [2.45, 2.75) is 0 Å². The Kier molecular flexibility index (Phi) is 5.10. The molecule has 0 heterocycles. The van der Waals surface area contributed by atoms with Crippen LogP contribution in [0.4, 0.5) is 4.79 Å². The van der Waals surface area contributed by atoms with Crippen molar-refractivity contribution in [3.63, 3.8) is 0 Å². The molecule has 58 valence electrons. The van der Waals surface area contributed by atoms with Crippen molar-refractivity contribution in [2.75, 3.05) is 6.54 Å². The van der Waals surface area contributed by atoms with Crippen molar-refractivity contribution in [1.82, 2.24) is 10.7 Å². The maximum Gasteiger partial charge on any atom is 0.329 e. The number of hydrazine groups is 1. The zero-order valence-corrected chi connectivity index (χ0v) is 6.54. The van der Waals surface area contributed by atoms with Crippen molar-refractivity contribution in [2.24, 2.45) is 5.84 Å². The van der Waals surface area contributed by atoms with E-state index in [4.69, 9.17) is 29.0 Å². The van der Waals surface area contributed by atoms with Gasteiger partial charge in [-0.2, -0.15) is 0 Å². The summed E-state index contributed by atoms with van der Waals surface area (Å²) in [6.45, 7) is 0.255. The van der Waals surface area contributed by atoms with E-state index in [-0.39, 0.29) is 11.0 Å². The zero-order valence-electron chi connectivity index (χ0n) is 5.03. The largest absolute Gasteiger partial charge is 0.333 e. The summed E-state index contributed by atoms with van der Waals surface area (Å²) in [6, 6.07) is -0.481. The van der Waals surface area contributed by atoms with Crippen LogP contribution in [0.2, 0.25) is 0 Å². The Morgan fingerprint density at radius 1 is 1.60 bits per heavy atom. The molecule has 0 saturated heterocycles. The van der Waals surface area contributed by atoms with Crippen LogP contribution in [0, 0.1) is 0 Å². The van der Waals surface area contributed by atoms with Crippen molar-refractivity contribution in [1.29, 1.82) is 0 Å². The van der Waals surface area contributed by atoms with Gasteiger partial charge in [-0.1, -0.05) is 23.2 Å². The average molecular weight is 184 g/mol. The molecule has 0 radical (unpaired) electrons. The number of urea groups is 1. The molecule has 0 bridgehead atoms. The molecule has 4 N–H and O–H groups in total. The lowest BCUT2D eigenvalue weighted by atomic mass is 10.6.